The summed E-state index contributed by atoms with van der Waals surface area (Å²) >= 11 is 0. The van der Waals surface area contributed by atoms with E-state index >= 15 is 0 Å². The number of benzene rings is 1. The first-order valence-corrected chi connectivity index (χ1v) is 8.55. The van der Waals surface area contributed by atoms with E-state index in [1.165, 1.54) is 0 Å². The molecule has 0 heterocycles. The molecule has 0 saturated heterocycles. The summed E-state index contributed by atoms with van der Waals surface area (Å²) in [5.74, 6) is 0.215. The van der Waals surface area contributed by atoms with Gasteiger partial charge in [0.25, 0.3) is 0 Å². The number of hydrogen-bond donors (Lipinski definition) is 0. The molecule has 1 saturated carbocycles. The summed E-state index contributed by atoms with van der Waals surface area (Å²) in [6.07, 6.45) is 4.52. The first-order chi connectivity index (χ1) is 11.4. The Balaban J connectivity index is 1.89. The molecule has 0 aliphatic heterocycles. The second kappa shape index (κ2) is 6.39. The van der Waals surface area contributed by atoms with Gasteiger partial charge in [-0.25, -0.2) is 4.79 Å². The van der Waals surface area contributed by atoms with Gasteiger partial charge in [-0.15, -0.1) is 0 Å². The van der Waals surface area contributed by atoms with Gasteiger partial charge in [-0.05, 0) is 57.2 Å². The van der Waals surface area contributed by atoms with Crippen LogP contribution < -0.4 is 0 Å². The van der Waals surface area contributed by atoms with E-state index in [2.05, 4.69) is 6.58 Å². The van der Waals surface area contributed by atoms with E-state index in [9.17, 15) is 9.59 Å². The highest BCUT2D eigenvalue weighted by molar-refractivity contribution is 5.92. The molecule has 0 bridgehead atoms. The van der Waals surface area contributed by atoms with Crippen molar-refractivity contribution in [2.45, 2.75) is 45.6 Å². The zero-order chi connectivity index (χ0) is 17.3. The lowest BCUT2D eigenvalue weighted by molar-refractivity contribution is -0.116. The number of carbonyl (C=O) groups is 2. The molecule has 1 spiro atoms. The van der Waals surface area contributed by atoms with Crippen LogP contribution in [-0.2, 0) is 9.53 Å². The van der Waals surface area contributed by atoms with Crippen molar-refractivity contribution in [1.82, 2.24) is 0 Å². The lowest BCUT2D eigenvalue weighted by Gasteiger charge is -2.38. The quantitative estimate of drug-likeness (QED) is 0.607. The Morgan fingerprint density at radius 1 is 1.29 bits per heavy atom. The van der Waals surface area contributed by atoms with E-state index in [1.54, 1.807) is 18.2 Å². The van der Waals surface area contributed by atoms with Crippen molar-refractivity contribution in [2.75, 3.05) is 0 Å². The van der Waals surface area contributed by atoms with Gasteiger partial charge >= 0.3 is 5.97 Å². The maximum atomic E-state index is 12.5. The molecule has 3 nitrogen and oxygen atoms in total. The van der Waals surface area contributed by atoms with Gasteiger partial charge < -0.3 is 4.74 Å². The van der Waals surface area contributed by atoms with Crippen LogP contribution in [-0.4, -0.2) is 17.9 Å². The zero-order valence-corrected chi connectivity index (χ0v) is 14.4. The minimum Gasteiger partial charge on any atom is -0.458 e. The molecule has 1 aromatic rings. The van der Waals surface area contributed by atoms with E-state index in [-0.39, 0.29) is 23.3 Å². The van der Waals surface area contributed by atoms with Crippen molar-refractivity contribution in [3.8, 4) is 0 Å². The Labute approximate surface area is 143 Å². The molecule has 3 rings (SSSR count). The lowest BCUT2D eigenvalue weighted by atomic mass is 9.69. The van der Waals surface area contributed by atoms with Crippen LogP contribution in [0.2, 0.25) is 0 Å². The number of allylic oxidation sites excluding steroid dienone is 2. The molecule has 2 aliphatic carbocycles. The van der Waals surface area contributed by atoms with Crippen LogP contribution in [0.15, 0.2) is 54.1 Å². The van der Waals surface area contributed by atoms with E-state index in [0.29, 0.717) is 17.9 Å². The minimum atomic E-state index is -0.285. The highest BCUT2D eigenvalue weighted by Crippen LogP contribution is 2.54. The van der Waals surface area contributed by atoms with Crippen molar-refractivity contribution in [2.24, 2.45) is 11.3 Å². The van der Waals surface area contributed by atoms with E-state index < -0.39 is 0 Å². The predicted octanol–water partition coefficient (Wildman–Crippen LogP) is 4.49. The molecular formula is C21H24O3. The molecule has 126 valence electrons. The van der Waals surface area contributed by atoms with Gasteiger partial charge in [0.05, 0.1) is 5.56 Å². The molecule has 1 fully saturated rings. The molecular weight excluding hydrogens is 300 g/mol. The predicted molar refractivity (Wildman–Crippen MR) is 93.6 cm³/mol. The summed E-state index contributed by atoms with van der Waals surface area (Å²) in [5, 5.41) is 0. The maximum Gasteiger partial charge on any atom is 0.338 e. The average Bonchev–Trinajstić information content (AvgIpc) is 2.92. The third-order valence-corrected chi connectivity index (χ3v) is 5.66. The number of ether oxygens (including phenoxy) is 1. The van der Waals surface area contributed by atoms with Crippen LogP contribution in [0.25, 0.3) is 0 Å². The Bertz CT molecular complexity index is 701. The Hall–Kier alpha value is -2.16. The summed E-state index contributed by atoms with van der Waals surface area (Å²) in [5.41, 5.74) is 2.52. The standard InChI is InChI=1S/C21H24O3/c1-14(2)17-12-19(24-20(23)16-7-5-4-6-8-16)21(13-17)10-9-18(22)11-15(21)3/h4-8,11,17,19H,1,9-10,12-13H2,2-3H3/t17-,19-,21+/m1/s1. The molecule has 0 unspecified atom stereocenters. The van der Waals surface area contributed by atoms with Crippen LogP contribution in [0.1, 0.15) is 49.9 Å². The van der Waals surface area contributed by atoms with Crippen LogP contribution in [0, 0.1) is 11.3 Å². The SMILES string of the molecule is C=C(C)[C@@H]1C[C@@H](OC(=O)c2ccccc2)[C@@]2(CCC(=O)C=C2C)C1. The van der Waals surface area contributed by atoms with Crippen molar-refractivity contribution < 1.29 is 14.3 Å². The fourth-order valence-electron chi connectivity index (χ4n) is 4.13. The summed E-state index contributed by atoms with van der Waals surface area (Å²) in [7, 11) is 0. The first-order valence-electron chi connectivity index (χ1n) is 8.55. The number of hydrogen-bond acceptors (Lipinski definition) is 3. The van der Waals surface area contributed by atoms with E-state index in [0.717, 1.165) is 30.4 Å². The fourth-order valence-corrected chi connectivity index (χ4v) is 4.13. The average molecular weight is 324 g/mol. The Morgan fingerprint density at radius 2 is 2.00 bits per heavy atom. The summed E-state index contributed by atoms with van der Waals surface area (Å²) in [6, 6.07) is 9.09. The highest BCUT2D eigenvalue weighted by Gasteiger charge is 2.51. The highest BCUT2D eigenvalue weighted by atomic mass is 16.5. The minimum absolute atomic E-state index is 0.171. The Kier molecular flexibility index (Phi) is 4.44. The monoisotopic (exact) mass is 324 g/mol. The molecule has 0 N–H and O–H groups in total. The summed E-state index contributed by atoms with van der Waals surface area (Å²) in [4.78, 5) is 24.3. The zero-order valence-electron chi connectivity index (χ0n) is 14.4. The molecule has 2 aliphatic rings. The third-order valence-electron chi connectivity index (χ3n) is 5.66. The van der Waals surface area contributed by atoms with Gasteiger partial charge in [-0.1, -0.05) is 35.9 Å². The first kappa shape index (κ1) is 16.7. The molecule has 0 aromatic heterocycles. The molecule has 0 amide bonds. The van der Waals surface area contributed by atoms with Gasteiger partial charge in [-0.3, -0.25) is 4.79 Å². The van der Waals surface area contributed by atoms with Gasteiger partial charge in [-0.2, -0.15) is 0 Å². The maximum absolute atomic E-state index is 12.5. The topological polar surface area (TPSA) is 43.4 Å². The summed E-state index contributed by atoms with van der Waals surface area (Å²) < 4.78 is 5.94. The molecule has 1 aromatic carbocycles. The van der Waals surface area contributed by atoms with Crippen molar-refractivity contribution >= 4 is 11.8 Å². The normalized spacial score (nSPS) is 29.4. The van der Waals surface area contributed by atoms with Gasteiger partial charge in [0.2, 0.25) is 0 Å². The third kappa shape index (κ3) is 2.95. The fraction of sp³-hybridized carbons (Fsp3) is 0.429. The van der Waals surface area contributed by atoms with E-state index in [1.807, 2.05) is 32.0 Å². The van der Waals surface area contributed by atoms with Crippen molar-refractivity contribution in [3.63, 3.8) is 0 Å². The van der Waals surface area contributed by atoms with Crippen LogP contribution in [0.4, 0.5) is 0 Å². The van der Waals surface area contributed by atoms with Crippen LogP contribution >= 0.6 is 0 Å². The summed E-state index contributed by atoms with van der Waals surface area (Å²) in [6.45, 7) is 8.14. The van der Waals surface area contributed by atoms with Crippen LogP contribution in [0.3, 0.4) is 0 Å². The second-order valence-corrected chi connectivity index (χ2v) is 7.19. The molecule has 3 atom stereocenters. The smallest absolute Gasteiger partial charge is 0.338 e. The van der Waals surface area contributed by atoms with Crippen molar-refractivity contribution in [1.29, 1.82) is 0 Å². The molecule has 24 heavy (non-hydrogen) atoms. The molecule has 0 radical (unpaired) electrons. The lowest BCUT2D eigenvalue weighted by Crippen LogP contribution is -2.37. The van der Waals surface area contributed by atoms with Gasteiger partial charge in [0, 0.05) is 11.8 Å². The van der Waals surface area contributed by atoms with Crippen LogP contribution in [0.5, 0.6) is 0 Å². The largest absolute Gasteiger partial charge is 0.458 e. The molecule has 3 heteroatoms. The second-order valence-electron chi connectivity index (χ2n) is 7.19. The van der Waals surface area contributed by atoms with Gasteiger partial charge in [0.1, 0.15) is 6.10 Å². The number of carbonyl (C=O) groups excluding carboxylic acids is 2. The van der Waals surface area contributed by atoms with Crippen molar-refractivity contribution in [3.05, 3.63) is 59.7 Å². The Morgan fingerprint density at radius 3 is 2.62 bits per heavy atom. The number of esters is 1. The van der Waals surface area contributed by atoms with Gasteiger partial charge in [0.15, 0.2) is 5.78 Å². The van der Waals surface area contributed by atoms with E-state index in [4.69, 9.17) is 4.74 Å². The number of ketones is 1. The number of rotatable bonds is 3.